The Morgan fingerprint density at radius 1 is 1.20 bits per heavy atom. The number of rotatable bonds is 4. The second-order valence-electron chi connectivity index (χ2n) is 5.59. The molecule has 1 aliphatic rings. The summed E-state index contributed by atoms with van der Waals surface area (Å²) >= 11 is 0. The van der Waals surface area contributed by atoms with Crippen molar-refractivity contribution in [2.45, 2.75) is 11.3 Å². The fourth-order valence-corrected chi connectivity index (χ4v) is 3.03. The van der Waals surface area contributed by atoms with Crippen LogP contribution in [0.3, 0.4) is 0 Å². The zero-order valence-electron chi connectivity index (χ0n) is 13.5. The van der Waals surface area contributed by atoms with Crippen LogP contribution in [-0.2, 0) is 16.3 Å². The van der Waals surface area contributed by atoms with Gasteiger partial charge in [-0.1, -0.05) is 0 Å². The summed E-state index contributed by atoms with van der Waals surface area (Å²) < 4.78 is 28.2. The van der Waals surface area contributed by atoms with E-state index >= 15 is 0 Å². The zero-order valence-corrected chi connectivity index (χ0v) is 14.3. The first-order valence-corrected chi connectivity index (χ1v) is 9.47. The number of nitrogens with zero attached hydrogens (tertiary/aromatic N) is 1. The Hall–Kier alpha value is -2.87. The fourth-order valence-electron chi connectivity index (χ4n) is 2.40. The number of hydrogen-bond donors (Lipinski definition) is 2. The van der Waals surface area contributed by atoms with E-state index in [1.807, 2.05) is 18.2 Å². The standard InChI is InChI=1S/C17H17N3O4S/c1-25(22,23)15-5-3-14(4-6-15)19-17(21)20-18-11-12-2-7-16-13(10-12)8-9-24-16/h2-7,10-11H,8-9H2,1H3,(H2,19,20,21). The summed E-state index contributed by atoms with van der Waals surface area (Å²) in [5, 5.41) is 6.47. The van der Waals surface area contributed by atoms with Crippen LogP contribution in [0.15, 0.2) is 52.5 Å². The molecule has 0 aliphatic carbocycles. The molecule has 25 heavy (non-hydrogen) atoms. The van der Waals surface area contributed by atoms with Gasteiger partial charge in [-0.25, -0.2) is 18.6 Å². The topological polar surface area (TPSA) is 96.9 Å². The summed E-state index contributed by atoms with van der Waals surface area (Å²) in [5.74, 6) is 0.889. The van der Waals surface area contributed by atoms with Crippen molar-refractivity contribution in [1.82, 2.24) is 5.43 Å². The smallest absolute Gasteiger partial charge is 0.339 e. The maximum absolute atomic E-state index is 11.8. The number of hydrogen-bond acceptors (Lipinski definition) is 5. The molecule has 2 aromatic rings. The third-order valence-corrected chi connectivity index (χ3v) is 4.76. The zero-order chi connectivity index (χ0) is 17.9. The van der Waals surface area contributed by atoms with Crippen molar-refractivity contribution in [2.24, 2.45) is 5.10 Å². The maximum Gasteiger partial charge on any atom is 0.339 e. The molecule has 0 saturated carbocycles. The summed E-state index contributed by atoms with van der Waals surface area (Å²) in [6, 6.07) is 11.1. The van der Waals surface area contributed by atoms with Gasteiger partial charge < -0.3 is 10.1 Å². The van der Waals surface area contributed by atoms with E-state index in [1.54, 1.807) is 6.21 Å². The van der Waals surface area contributed by atoms with Gasteiger partial charge in [0, 0.05) is 18.4 Å². The number of fused-ring (bicyclic) bond motifs is 1. The highest BCUT2D eigenvalue weighted by Gasteiger charge is 2.11. The Morgan fingerprint density at radius 2 is 1.96 bits per heavy atom. The molecule has 0 atom stereocenters. The van der Waals surface area contributed by atoms with E-state index in [9.17, 15) is 13.2 Å². The van der Waals surface area contributed by atoms with Crippen LogP contribution in [0.4, 0.5) is 10.5 Å². The SMILES string of the molecule is CS(=O)(=O)c1ccc(NC(=O)NN=Cc2ccc3c(c2)CCO3)cc1. The number of anilines is 1. The monoisotopic (exact) mass is 359 g/mol. The molecule has 2 amide bonds. The Labute approximate surface area is 145 Å². The lowest BCUT2D eigenvalue weighted by Gasteiger charge is -2.05. The van der Waals surface area contributed by atoms with Crippen molar-refractivity contribution < 1.29 is 17.9 Å². The van der Waals surface area contributed by atoms with Crippen molar-refractivity contribution in [3.63, 3.8) is 0 Å². The summed E-state index contributed by atoms with van der Waals surface area (Å²) in [6.45, 7) is 0.689. The average molecular weight is 359 g/mol. The molecule has 0 radical (unpaired) electrons. The van der Waals surface area contributed by atoms with Crippen molar-refractivity contribution in [1.29, 1.82) is 0 Å². The molecule has 0 spiro atoms. The van der Waals surface area contributed by atoms with Gasteiger partial charge in [0.2, 0.25) is 0 Å². The van der Waals surface area contributed by atoms with Crippen LogP contribution >= 0.6 is 0 Å². The second-order valence-corrected chi connectivity index (χ2v) is 7.60. The molecular weight excluding hydrogens is 342 g/mol. The molecule has 130 valence electrons. The Balaban J connectivity index is 1.56. The normalized spacial score (nSPS) is 13.3. The summed E-state index contributed by atoms with van der Waals surface area (Å²) in [5.41, 5.74) is 4.82. The van der Waals surface area contributed by atoms with Crippen molar-refractivity contribution in [3.8, 4) is 5.75 Å². The van der Waals surface area contributed by atoms with Gasteiger partial charge in [-0.3, -0.25) is 0 Å². The minimum absolute atomic E-state index is 0.192. The number of nitrogens with one attached hydrogen (secondary N) is 2. The molecule has 0 fully saturated rings. The highest BCUT2D eigenvalue weighted by molar-refractivity contribution is 7.90. The van der Waals surface area contributed by atoms with Gasteiger partial charge in [0.05, 0.1) is 17.7 Å². The van der Waals surface area contributed by atoms with E-state index in [4.69, 9.17) is 4.74 Å². The van der Waals surface area contributed by atoms with Crippen LogP contribution in [0.25, 0.3) is 0 Å². The molecule has 0 aromatic heterocycles. The number of urea groups is 1. The number of benzene rings is 2. The first-order chi connectivity index (χ1) is 11.9. The molecule has 8 heteroatoms. The summed E-state index contributed by atoms with van der Waals surface area (Å²) in [4.78, 5) is 12.0. The third-order valence-electron chi connectivity index (χ3n) is 3.63. The molecule has 2 aromatic carbocycles. The van der Waals surface area contributed by atoms with E-state index in [2.05, 4.69) is 15.8 Å². The van der Waals surface area contributed by atoms with E-state index in [0.29, 0.717) is 12.3 Å². The predicted octanol–water partition coefficient (Wildman–Crippen LogP) is 2.18. The van der Waals surface area contributed by atoms with Crippen molar-refractivity contribution in [3.05, 3.63) is 53.6 Å². The van der Waals surface area contributed by atoms with E-state index < -0.39 is 15.9 Å². The molecule has 2 N–H and O–H groups in total. The molecule has 1 aliphatic heterocycles. The van der Waals surface area contributed by atoms with Gasteiger partial charge in [0.15, 0.2) is 9.84 Å². The van der Waals surface area contributed by atoms with Crippen LogP contribution in [0.5, 0.6) is 5.75 Å². The fraction of sp³-hybridized carbons (Fsp3) is 0.176. The minimum atomic E-state index is -3.26. The number of carbonyl (C=O) groups excluding carboxylic acids is 1. The molecule has 0 saturated heterocycles. The largest absolute Gasteiger partial charge is 0.493 e. The van der Waals surface area contributed by atoms with Gasteiger partial charge >= 0.3 is 6.03 Å². The predicted molar refractivity (Wildman–Crippen MR) is 94.9 cm³/mol. The number of carbonyl (C=O) groups is 1. The lowest BCUT2D eigenvalue weighted by atomic mass is 10.1. The minimum Gasteiger partial charge on any atom is -0.493 e. The van der Waals surface area contributed by atoms with Crippen LogP contribution in [0.1, 0.15) is 11.1 Å². The third kappa shape index (κ3) is 4.36. The molecule has 3 rings (SSSR count). The highest BCUT2D eigenvalue weighted by atomic mass is 32.2. The second kappa shape index (κ2) is 6.94. The first-order valence-electron chi connectivity index (χ1n) is 7.58. The van der Waals surface area contributed by atoms with Gasteiger partial charge in [0.25, 0.3) is 0 Å². The molecular formula is C17H17N3O4S. The number of sulfone groups is 1. The Bertz CT molecular complexity index is 921. The molecule has 7 nitrogen and oxygen atoms in total. The van der Waals surface area contributed by atoms with Gasteiger partial charge in [-0.05, 0) is 53.6 Å². The van der Waals surface area contributed by atoms with Crippen LogP contribution in [0, 0.1) is 0 Å². The molecule has 0 bridgehead atoms. The van der Waals surface area contributed by atoms with Gasteiger partial charge in [0.1, 0.15) is 5.75 Å². The van der Waals surface area contributed by atoms with Crippen molar-refractivity contribution >= 4 is 27.8 Å². The van der Waals surface area contributed by atoms with E-state index in [1.165, 1.54) is 24.3 Å². The summed E-state index contributed by atoms with van der Waals surface area (Å²) in [6.07, 6.45) is 3.54. The highest BCUT2D eigenvalue weighted by Crippen LogP contribution is 2.25. The summed E-state index contributed by atoms with van der Waals surface area (Å²) in [7, 11) is -3.26. The Morgan fingerprint density at radius 3 is 2.68 bits per heavy atom. The van der Waals surface area contributed by atoms with E-state index in [0.717, 1.165) is 29.6 Å². The average Bonchev–Trinajstić information content (AvgIpc) is 3.02. The number of ether oxygens (including phenoxy) is 1. The van der Waals surface area contributed by atoms with Crippen LogP contribution < -0.4 is 15.5 Å². The maximum atomic E-state index is 11.8. The molecule has 0 unspecified atom stereocenters. The lowest BCUT2D eigenvalue weighted by Crippen LogP contribution is -2.24. The number of amides is 2. The van der Waals surface area contributed by atoms with Crippen molar-refractivity contribution in [2.75, 3.05) is 18.2 Å². The van der Waals surface area contributed by atoms with Crippen LogP contribution in [0.2, 0.25) is 0 Å². The van der Waals surface area contributed by atoms with Crippen LogP contribution in [-0.4, -0.2) is 33.5 Å². The Kier molecular flexibility index (Phi) is 4.71. The quantitative estimate of drug-likeness (QED) is 0.646. The van der Waals surface area contributed by atoms with E-state index in [-0.39, 0.29) is 4.90 Å². The van der Waals surface area contributed by atoms with Gasteiger partial charge in [-0.2, -0.15) is 5.10 Å². The van der Waals surface area contributed by atoms with Gasteiger partial charge in [-0.15, -0.1) is 0 Å². The molecule has 1 heterocycles. The number of hydrazone groups is 1. The first kappa shape index (κ1) is 17.0. The lowest BCUT2D eigenvalue weighted by molar-refractivity contribution is 0.252.